The van der Waals surface area contributed by atoms with Crippen LogP contribution in [0.25, 0.3) is 0 Å². The van der Waals surface area contributed by atoms with Crippen LogP contribution in [0.3, 0.4) is 0 Å². The zero-order chi connectivity index (χ0) is 13.9. The Morgan fingerprint density at radius 3 is 2.50 bits per heavy atom. The highest BCUT2D eigenvalue weighted by Gasteiger charge is 2.33. The molecule has 0 aromatic carbocycles. The van der Waals surface area contributed by atoms with Crippen molar-refractivity contribution in [2.24, 2.45) is 11.7 Å². The van der Waals surface area contributed by atoms with Crippen molar-refractivity contribution < 1.29 is 4.79 Å². The lowest BCUT2D eigenvalue weighted by Gasteiger charge is -2.32. The quantitative estimate of drug-likeness (QED) is 0.805. The molecule has 1 saturated heterocycles. The lowest BCUT2D eigenvalue weighted by molar-refractivity contribution is -0.134. The number of carbonyl (C=O) groups excluding carboxylic acids is 1. The van der Waals surface area contributed by atoms with E-state index in [0.29, 0.717) is 12.1 Å². The molecule has 0 spiro atoms. The number of rotatable bonds is 5. The maximum absolute atomic E-state index is 12.3. The highest BCUT2D eigenvalue weighted by atomic mass is 16.2. The smallest absolute Gasteiger partial charge is 0.240 e. The van der Waals surface area contributed by atoms with Gasteiger partial charge in [-0.15, -0.1) is 0 Å². The molecular formula is C14H29N3O. The number of nitrogens with two attached hydrogens (primary N) is 1. The third-order valence-corrected chi connectivity index (χ3v) is 4.04. The van der Waals surface area contributed by atoms with E-state index in [1.54, 1.807) is 0 Å². The second-order valence-electron chi connectivity index (χ2n) is 6.13. The molecule has 4 heteroatoms. The summed E-state index contributed by atoms with van der Waals surface area (Å²) in [6.45, 7) is 10.2. The molecule has 1 amide bonds. The maximum Gasteiger partial charge on any atom is 0.240 e. The minimum absolute atomic E-state index is 0.129. The van der Waals surface area contributed by atoms with Gasteiger partial charge in [-0.25, -0.2) is 0 Å². The van der Waals surface area contributed by atoms with E-state index in [-0.39, 0.29) is 17.9 Å². The van der Waals surface area contributed by atoms with Crippen molar-refractivity contribution in [2.75, 3.05) is 20.1 Å². The van der Waals surface area contributed by atoms with E-state index >= 15 is 0 Å². The Morgan fingerprint density at radius 1 is 1.39 bits per heavy atom. The van der Waals surface area contributed by atoms with Crippen LogP contribution in [0.1, 0.15) is 40.5 Å². The van der Waals surface area contributed by atoms with Crippen LogP contribution < -0.4 is 5.73 Å². The molecule has 4 nitrogen and oxygen atoms in total. The lowest BCUT2D eigenvalue weighted by Crippen LogP contribution is -2.51. The fraction of sp³-hybridized carbons (Fsp3) is 0.929. The van der Waals surface area contributed by atoms with Crippen LogP contribution in [0.2, 0.25) is 0 Å². The molecule has 0 aliphatic carbocycles. The molecule has 0 radical (unpaired) electrons. The summed E-state index contributed by atoms with van der Waals surface area (Å²) in [5, 5.41) is 0. The zero-order valence-electron chi connectivity index (χ0n) is 12.5. The van der Waals surface area contributed by atoms with E-state index in [9.17, 15) is 4.79 Å². The van der Waals surface area contributed by atoms with Gasteiger partial charge >= 0.3 is 0 Å². The van der Waals surface area contributed by atoms with Gasteiger partial charge in [0.05, 0.1) is 6.04 Å². The van der Waals surface area contributed by atoms with Gasteiger partial charge in [0.2, 0.25) is 5.91 Å². The molecule has 1 fully saturated rings. The van der Waals surface area contributed by atoms with Gasteiger partial charge in [0.25, 0.3) is 0 Å². The number of carbonyl (C=O) groups is 1. The molecule has 0 bridgehead atoms. The standard InChI is InChI=1S/C14H29N3O/c1-10(2)13(15)14(18)17-8-6-7-12(17)9-16(5)11(3)4/h10-13H,6-9,15H2,1-5H3. The normalized spacial score (nSPS) is 22.3. The third kappa shape index (κ3) is 3.69. The first kappa shape index (κ1) is 15.4. The van der Waals surface area contributed by atoms with Crippen LogP contribution >= 0.6 is 0 Å². The summed E-state index contributed by atoms with van der Waals surface area (Å²) < 4.78 is 0. The van der Waals surface area contributed by atoms with Crippen molar-refractivity contribution in [3.63, 3.8) is 0 Å². The molecule has 0 aromatic heterocycles. The van der Waals surface area contributed by atoms with Crippen molar-refractivity contribution in [2.45, 2.75) is 58.7 Å². The first-order valence-corrected chi connectivity index (χ1v) is 7.11. The molecule has 18 heavy (non-hydrogen) atoms. The van der Waals surface area contributed by atoms with Gasteiger partial charge in [-0.2, -0.15) is 0 Å². The van der Waals surface area contributed by atoms with Crippen molar-refractivity contribution >= 4 is 5.91 Å². The molecule has 106 valence electrons. The van der Waals surface area contributed by atoms with Gasteiger partial charge in [-0.3, -0.25) is 4.79 Å². The summed E-state index contributed by atoms with van der Waals surface area (Å²) in [7, 11) is 2.12. The maximum atomic E-state index is 12.3. The van der Waals surface area contributed by atoms with Crippen LogP contribution in [-0.2, 0) is 4.79 Å². The number of likely N-dealkylation sites (N-methyl/N-ethyl adjacent to an activating group) is 1. The van der Waals surface area contributed by atoms with Crippen molar-refractivity contribution in [1.29, 1.82) is 0 Å². The molecular weight excluding hydrogens is 226 g/mol. The Morgan fingerprint density at radius 2 is 2.00 bits per heavy atom. The Balaban J connectivity index is 2.62. The largest absolute Gasteiger partial charge is 0.337 e. The van der Waals surface area contributed by atoms with Crippen LogP contribution in [0.4, 0.5) is 0 Å². The van der Waals surface area contributed by atoms with Gasteiger partial charge < -0.3 is 15.5 Å². The third-order valence-electron chi connectivity index (χ3n) is 4.04. The molecule has 2 N–H and O–H groups in total. The number of hydrogen-bond donors (Lipinski definition) is 1. The Kier molecular flexibility index (Phi) is 5.60. The summed E-state index contributed by atoms with van der Waals surface area (Å²) in [6, 6.07) is 0.506. The van der Waals surface area contributed by atoms with E-state index in [2.05, 4.69) is 25.8 Å². The highest BCUT2D eigenvalue weighted by molar-refractivity contribution is 5.82. The van der Waals surface area contributed by atoms with Gasteiger partial charge in [0.15, 0.2) is 0 Å². The number of amides is 1. The van der Waals surface area contributed by atoms with Gasteiger partial charge in [0, 0.05) is 25.2 Å². The van der Waals surface area contributed by atoms with Crippen molar-refractivity contribution in [1.82, 2.24) is 9.80 Å². The number of nitrogens with zero attached hydrogens (tertiary/aromatic N) is 2. The molecule has 1 heterocycles. The zero-order valence-corrected chi connectivity index (χ0v) is 12.5. The minimum Gasteiger partial charge on any atom is -0.337 e. The van der Waals surface area contributed by atoms with Gasteiger partial charge in [0.1, 0.15) is 0 Å². The second kappa shape index (κ2) is 6.53. The highest BCUT2D eigenvalue weighted by Crippen LogP contribution is 2.20. The van der Waals surface area contributed by atoms with Crippen molar-refractivity contribution in [3.05, 3.63) is 0 Å². The summed E-state index contributed by atoms with van der Waals surface area (Å²) in [5.41, 5.74) is 5.99. The van der Waals surface area contributed by atoms with E-state index in [4.69, 9.17) is 5.73 Å². The lowest BCUT2D eigenvalue weighted by atomic mass is 10.0. The summed E-state index contributed by atoms with van der Waals surface area (Å²) >= 11 is 0. The van der Waals surface area contributed by atoms with Crippen molar-refractivity contribution in [3.8, 4) is 0 Å². The van der Waals surface area contributed by atoms with E-state index in [1.165, 1.54) is 0 Å². The minimum atomic E-state index is -0.352. The predicted octanol–water partition coefficient (Wildman–Crippen LogP) is 1.30. The summed E-state index contributed by atoms with van der Waals surface area (Å²) in [6.07, 6.45) is 2.21. The average Bonchev–Trinajstić information content (AvgIpc) is 2.74. The molecule has 2 unspecified atom stereocenters. The van der Waals surface area contributed by atoms with E-state index in [0.717, 1.165) is 25.9 Å². The Labute approximate surface area is 111 Å². The average molecular weight is 255 g/mol. The SMILES string of the molecule is CC(C)C(N)C(=O)N1CCCC1CN(C)C(C)C. The molecule has 2 atom stereocenters. The second-order valence-corrected chi connectivity index (χ2v) is 6.13. The van der Waals surface area contributed by atoms with E-state index in [1.807, 2.05) is 18.7 Å². The van der Waals surface area contributed by atoms with Crippen LogP contribution in [0.5, 0.6) is 0 Å². The number of hydrogen-bond acceptors (Lipinski definition) is 3. The van der Waals surface area contributed by atoms with Crippen LogP contribution in [0, 0.1) is 5.92 Å². The van der Waals surface area contributed by atoms with Crippen LogP contribution in [-0.4, -0.2) is 54.0 Å². The molecule has 0 aromatic rings. The first-order chi connectivity index (χ1) is 8.34. The molecule has 1 aliphatic heterocycles. The summed E-state index contributed by atoms with van der Waals surface area (Å²) in [4.78, 5) is 16.6. The fourth-order valence-electron chi connectivity index (χ4n) is 2.34. The molecule has 1 aliphatic rings. The van der Waals surface area contributed by atoms with Gasteiger partial charge in [-0.1, -0.05) is 13.8 Å². The molecule has 0 saturated carbocycles. The number of likely N-dealkylation sites (tertiary alicyclic amines) is 1. The fourth-order valence-corrected chi connectivity index (χ4v) is 2.34. The predicted molar refractivity (Wildman–Crippen MR) is 75.3 cm³/mol. The molecule has 1 rings (SSSR count). The monoisotopic (exact) mass is 255 g/mol. The Hall–Kier alpha value is -0.610. The Bertz CT molecular complexity index is 278. The van der Waals surface area contributed by atoms with Gasteiger partial charge in [-0.05, 0) is 39.7 Å². The van der Waals surface area contributed by atoms with Crippen LogP contribution in [0.15, 0.2) is 0 Å². The topological polar surface area (TPSA) is 49.6 Å². The first-order valence-electron chi connectivity index (χ1n) is 7.11. The van der Waals surface area contributed by atoms with E-state index < -0.39 is 0 Å². The summed E-state index contributed by atoms with van der Waals surface area (Å²) in [5.74, 6) is 0.339.